The summed E-state index contributed by atoms with van der Waals surface area (Å²) in [6.45, 7) is 2.12. The van der Waals surface area contributed by atoms with E-state index in [1.165, 1.54) is 38.5 Å². The summed E-state index contributed by atoms with van der Waals surface area (Å²) in [5.74, 6) is 1.30. The van der Waals surface area contributed by atoms with E-state index >= 15 is 0 Å². The molecule has 4 rings (SSSR count). The van der Waals surface area contributed by atoms with Crippen molar-refractivity contribution in [3.63, 3.8) is 0 Å². The van der Waals surface area contributed by atoms with Crippen LogP contribution in [0.2, 0.25) is 0 Å². The highest BCUT2D eigenvalue weighted by Crippen LogP contribution is 2.61. The van der Waals surface area contributed by atoms with Gasteiger partial charge in [0.15, 0.2) is 0 Å². The second-order valence-electron chi connectivity index (χ2n) is 7.44. The zero-order valence-electron chi connectivity index (χ0n) is 12.2. The van der Waals surface area contributed by atoms with Crippen LogP contribution in [0.4, 0.5) is 0 Å². The molecule has 0 unspecified atom stereocenters. The molecule has 0 aliphatic heterocycles. The minimum Gasteiger partial charge on any atom is -0.550 e. The Morgan fingerprint density at radius 3 is 2.05 bits per heavy atom. The van der Waals surface area contributed by atoms with Gasteiger partial charge in [-0.3, -0.25) is 4.79 Å². The highest BCUT2D eigenvalue weighted by atomic mass is 16.4. The minimum absolute atomic E-state index is 0.0407. The van der Waals surface area contributed by atoms with E-state index in [9.17, 15) is 14.7 Å². The van der Waals surface area contributed by atoms with E-state index in [1.807, 2.05) is 0 Å². The number of hydrogen-bond acceptors (Lipinski definition) is 3. The number of carboxylic acids is 1. The molecule has 4 aliphatic carbocycles. The van der Waals surface area contributed by atoms with Crippen molar-refractivity contribution in [3.8, 4) is 0 Å². The summed E-state index contributed by atoms with van der Waals surface area (Å²) in [5, 5.41) is 13.5. The van der Waals surface area contributed by atoms with Crippen LogP contribution in [0.1, 0.15) is 58.3 Å². The van der Waals surface area contributed by atoms with E-state index in [0.717, 1.165) is 17.8 Å². The van der Waals surface area contributed by atoms with Crippen LogP contribution in [0.25, 0.3) is 0 Å². The second-order valence-corrected chi connectivity index (χ2v) is 7.44. The van der Waals surface area contributed by atoms with Gasteiger partial charge in [0, 0.05) is 18.4 Å². The van der Waals surface area contributed by atoms with Gasteiger partial charge in [-0.25, -0.2) is 0 Å². The molecular formula is C16H24NO3-. The fraction of sp³-hybridized carbons (Fsp3) is 0.875. The predicted octanol–water partition coefficient (Wildman–Crippen LogP) is 1.24. The first kappa shape index (κ1) is 13.9. The van der Waals surface area contributed by atoms with Crippen LogP contribution in [0.5, 0.6) is 0 Å². The van der Waals surface area contributed by atoms with E-state index in [1.54, 1.807) is 0 Å². The van der Waals surface area contributed by atoms with E-state index in [2.05, 4.69) is 12.2 Å². The number of amides is 1. The lowest BCUT2D eigenvalue weighted by Gasteiger charge is -2.59. The van der Waals surface area contributed by atoms with Crippen LogP contribution in [0.15, 0.2) is 0 Å². The maximum Gasteiger partial charge on any atom is 0.220 e. The first-order valence-electron chi connectivity index (χ1n) is 7.96. The second kappa shape index (κ2) is 5.05. The molecule has 4 bridgehead atoms. The summed E-state index contributed by atoms with van der Waals surface area (Å²) >= 11 is 0. The average molecular weight is 278 g/mol. The van der Waals surface area contributed by atoms with Crippen molar-refractivity contribution in [2.45, 2.75) is 64.3 Å². The number of carbonyl (C=O) groups excluding carboxylic acids is 2. The van der Waals surface area contributed by atoms with Crippen molar-refractivity contribution in [1.82, 2.24) is 5.32 Å². The van der Waals surface area contributed by atoms with Crippen molar-refractivity contribution in [1.29, 1.82) is 0 Å². The third-order valence-electron chi connectivity index (χ3n) is 5.94. The Hall–Kier alpha value is -1.06. The molecule has 0 aromatic carbocycles. The highest BCUT2D eigenvalue weighted by molar-refractivity contribution is 5.80. The van der Waals surface area contributed by atoms with E-state index in [-0.39, 0.29) is 30.2 Å². The van der Waals surface area contributed by atoms with Crippen molar-refractivity contribution in [2.24, 2.45) is 23.2 Å². The van der Waals surface area contributed by atoms with Crippen molar-refractivity contribution in [2.75, 3.05) is 0 Å². The lowest BCUT2D eigenvalue weighted by Crippen LogP contribution is -2.55. The fourth-order valence-electron chi connectivity index (χ4n) is 5.39. The van der Waals surface area contributed by atoms with Crippen LogP contribution in [-0.4, -0.2) is 17.9 Å². The highest BCUT2D eigenvalue weighted by Gasteiger charge is 2.53. The quantitative estimate of drug-likeness (QED) is 0.822. The van der Waals surface area contributed by atoms with Crippen LogP contribution >= 0.6 is 0 Å². The zero-order valence-corrected chi connectivity index (χ0v) is 12.2. The summed E-state index contributed by atoms with van der Waals surface area (Å²) in [6.07, 6.45) is 7.79. The molecule has 0 spiro atoms. The number of hydrogen-bond donors (Lipinski definition) is 1. The molecule has 4 heteroatoms. The third-order valence-corrected chi connectivity index (χ3v) is 5.94. The summed E-state index contributed by atoms with van der Waals surface area (Å²) in [7, 11) is 0. The predicted molar refractivity (Wildman–Crippen MR) is 72.5 cm³/mol. The zero-order chi connectivity index (χ0) is 14.3. The molecule has 1 N–H and O–H groups in total. The summed E-state index contributed by atoms with van der Waals surface area (Å²) in [4.78, 5) is 22.3. The van der Waals surface area contributed by atoms with Crippen molar-refractivity contribution >= 4 is 11.9 Å². The molecule has 20 heavy (non-hydrogen) atoms. The normalized spacial score (nSPS) is 39.5. The van der Waals surface area contributed by atoms with Gasteiger partial charge in [-0.05, 0) is 75.0 Å². The molecular weight excluding hydrogens is 254 g/mol. The summed E-state index contributed by atoms with van der Waals surface area (Å²) < 4.78 is 0. The molecule has 4 aliphatic rings. The monoisotopic (exact) mass is 278 g/mol. The van der Waals surface area contributed by atoms with Gasteiger partial charge in [0.25, 0.3) is 0 Å². The van der Waals surface area contributed by atoms with E-state index in [0.29, 0.717) is 0 Å². The Bertz CT molecular complexity index is 383. The van der Waals surface area contributed by atoms with Crippen LogP contribution in [0.3, 0.4) is 0 Å². The Labute approximate surface area is 120 Å². The van der Waals surface area contributed by atoms with Gasteiger partial charge in [0.2, 0.25) is 5.91 Å². The standard InChI is InChI=1S/C16H25NO3/c1-10(17-14(18)2-3-15(19)20)16-7-11-4-12(8-16)6-13(5-11)9-16/h10-13H,2-9H2,1H3,(H,17,18)(H,19,20)/p-1/t10-,11?,12?,13?,16?/m1/s1. The minimum atomic E-state index is -1.15. The molecule has 4 nitrogen and oxygen atoms in total. The lowest BCUT2D eigenvalue weighted by atomic mass is 9.48. The van der Waals surface area contributed by atoms with Gasteiger partial charge >= 0.3 is 0 Å². The molecule has 4 fully saturated rings. The van der Waals surface area contributed by atoms with Gasteiger partial charge < -0.3 is 15.2 Å². The Kier molecular flexibility index (Phi) is 3.51. The summed E-state index contributed by atoms with van der Waals surface area (Å²) in [5.41, 5.74) is 0.284. The van der Waals surface area contributed by atoms with E-state index < -0.39 is 5.97 Å². The number of rotatable bonds is 5. The molecule has 0 aromatic heterocycles. The van der Waals surface area contributed by atoms with Gasteiger partial charge in [-0.1, -0.05) is 0 Å². The fourth-order valence-corrected chi connectivity index (χ4v) is 5.39. The topological polar surface area (TPSA) is 69.2 Å². The lowest BCUT2D eigenvalue weighted by molar-refractivity contribution is -0.305. The molecule has 112 valence electrons. The number of carbonyl (C=O) groups is 2. The first-order valence-corrected chi connectivity index (χ1v) is 7.96. The largest absolute Gasteiger partial charge is 0.550 e. The van der Waals surface area contributed by atoms with Gasteiger partial charge in [-0.15, -0.1) is 0 Å². The number of nitrogens with one attached hydrogen (secondary N) is 1. The summed E-state index contributed by atoms with van der Waals surface area (Å²) in [6, 6.07) is 0.171. The smallest absolute Gasteiger partial charge is 0.220 e. The molecule has 0 aromatic rings. The Balaban J connectivity index is 1.60. The van der Waals surface area contributed by atoms with Crippen LogP contribution < -0.4 is 10.4 Å². The van der Waals surface area contributed by atoms with Crippen molar-refractivity contribution in [3.05, 3.63) is 0 Å². The SMILES string of the molecule is C[C@@H](NC(=O)CCC(=O)[O-])C12CC3CC(CC(C3)C1)C2. The molecule has 0 heterocycles. The number of aliphatic carboxylic acids is 1. The van der Waals surface area contributed by atoms with Gasteiger partial charge in [0.1, 0.15) is 0 Å². The number of carboxylic acid groups (broad SMARTS) is 1. The molecule has 4 saturated carbocycles. The van der Waals surface area contributed by atoms with Crippen LogP contribution in [0, 0.1) is 23.2 Å². The van der Waals surface area contributed by atoms with Crippen molar-refractivity contribution < 1.29 is 14.7 Å². The van der Waals surface area contributed by atoms with Gasteiger partial charge in [-0.2, -0.15) is 0 Å². The first-order chi connectivity index (χ1) is 9.47. The van der Waals surface area contributed by atoms with Gasteiger partial charge in [0.05, 0.1) is 0 Å². The maximum atomic E-state index is 11.8. The van der Waals surface area contributed by atoms with Crippen LogP contribution in [-0.2, 0) is 9.59 Å². The Morgan fingerprint density at radius 1 is 1.10 bits per heavy atom. The third kappa shape index (κ3) is 2.57. The molecule has 1 atom stereocenters. The molecule has 0 saturated heterocycles. The Morgan fingerprint density at radius 2 is 1.60 bits per heavy atom. The van der Waals surface area contributed by atoms with E-state index in [4.69, 9.17) is 0 Å². The molecule has 1 amide bonds. The average Bonchev–Trinajstić information content (AvgIpc) is 2.34. The maximum absolute atomic E-state index is 11.8. The molecule has 0 radical (unpaired) electrons.